The van der Waals surface area contributed by atoms with Gasteiger partial charge in [0.1, 0.15) is 6.10 Å². The molecule has 0 aromatic heterocycles. The van der Waals surface area contributed by atoms with Crippen molar-refractivity contribution in [3.8, 4) is 0 Å². The first-order chi connectivity index (χ1) is 10.8. The number of unbranched alkanes of at least 4 members (excludes halogenated alkanes) is 2. The molecule has 1 fully saturated rings. The average molecular weight is 302 g/mol. The summed E-state index contributed by atoms with van der Waals surface area (Å²) in [5.41, 5.74) is 0.777. The first-order valence-corrected chi connectivity index (χ1v) is 8.53. The van der Waals surface area contributed by atoms with E-state index >= 15 is 0 Å². The maximum atomic E-state index is 11.9. The summed E-state index contributed by atoms with van der Waals surface area (Å²) in [4.78, 5) is 23.7. The number of rotatable bonds is 8. The second kappa shape index (κ2) is 9.39. The summed E-state index contributed by atoms with van der Waals surface area (Å²) in [7, 11) is 0. The number of hydrogen-bond donors (Lipinski definition) is 0. The van der Waals surface area contributed by atoms with Gasteiger partial charge < -0.3 is 4.74 Å². The number of carbonyl (C=O) groups is 2. The molecule has 0 saturated heterocycles. The predicted octanol–water partition coefficient (Wildman–Crippen LogP) is 4.70. The smallest absolute Gasteiger partial charge is 0.306 e. The van der Waals surface area contributed by atoms with Crippen LogP contribution in [0.3, 0.4) is 0 Å². The Labute approximate surface area is 133 Å². The fourth-order valence-corrected chi connectivity index (χ4v) is 2.93. The van der Waals surface area contributed by atoms with Crippen LogP contribution in [0.1, 0.15) is 74.6 Å². The standard InChI is InChI=1S/C19H26O3/c20-18(16-10-4-1-5-11-16)14-8-3-9-15-19(21)22-17-12-6-2-7-13-17/h1,4-5,10-11,17H,2-3,6-9,12-15H2. The van der Waals surface area contributed by atoms with Gasteiger partial charge in [0.25, 0.3) is 0 Å². The van der Waals surface area contributed by atoms with Gasteiger partial charge in [-0.3, -0.25) is 9.59 Å². The molecule has 0 heterocycles. The minimum Gasteiger partial charge on any atom is -0.462 e. The zero-order valence-electron chi connectivity index (χ0n) is 13.3. The summed E-state index contributed by atoms with van der Waals surface area (Å²) >= 11 is 0. The molecule has 22 heavy (non-hydrogen) atoms. The summed E-state index contributed by atoms with van der Waals surface area (Å²) in [6, 6.07) is 9.38. The molecule has 2 rings (SSSR count). The molecular weight excluding hydrogens is 276 g/mol. The van der Waals surface area contributed by atoms with Crippen LogP contribution in [0.25, 0.3) is 0 Å². The van der Waals surface area contributed by atoms with Gasteiger partial charge in [-0.05, 0) is 38.5 Å². The van der Waals surface area contributed by atoms with Gasteiger partial charge in [0.2, 0.25) is 0 Å². The Morgan fingerprint density at radius 2 is 1.59 bits per heavy atom. The van der Waals surface area contributed by atoms with Crippen LogP contribution in [0, 0.1) is 0 Å². The Bertz CT molecular complexity index is 461. The monoisotopic (exact) mass is 302 g/mol. The van der Waals surface area contributed by atoms with Gasteiger partial charge in [-0.15, -0.1) is 0 Å². The fourth-order valence-electron chi connectivity index (χ4n) is 2.93. The van der Waals surface area contributed by atoms with Crippen LogP contribution in [0.2, 0.25) is 0 Å². The highest BCUT2D eigenvalue weighted by molar-refractivity contribution is 5.95. The minimum atomic E-state index is -0.0683. The molecule has 120 valence electrons. The summed E-state index contributed by atoms with van der Waals surface area (Å²) in [6.07, 6.45) is 9.42. The summed E-state index contributed by atoms with van der Waals surface area (Å²) in [6.45, 7) is 0. The second-order valence-electron chi connectivity index (χ2n) is 6.10. The van der Waals surface area contributed by atoms with Crippen molar-refractivity contribution in [1.82, 2.24) is 0 Å². The van der Waals surface area contributed by atoms with Crippen molar-refractivity contribution in [2.24, 2.45) is 0 Å². The van der Waals surface area contributed by atoms with Crippen molar-refractivity contribution in [2.75, 3.05) is 0 Å². The summed E-state index contributed by atoms with van der Waals surface area (Å²) in [5.74, 6) is 0.117. The summed E-state index contributed by atoms with van der Waals surface area (Å²) < 4.78 is 5.48. The number of ether oxygens (including phenoxy) is 1. The van der Waals surface area contributed by atoms with Crippen molar-refractivity contribution in [3.05, 3.63) is 35.9 Å². The lowest BCUT2D eigenvalue weighted by molar-refractivity contribution is -0.150. The fraction of sp³-hybridized carbons (Fsp3) is 0.579. The molecule has 3 heteroatoms. The van der Waals surface area contributed by atoms with E-state index in [0.717, 1.165) is 37.7 Å². The quantitative estimate of drug-likeness (QED) is 0.397. The van der Waals surface area contributed by atoms with E-state index in [1.165, 1.54) is 19.3 Å². The van der Waals surface area contributed by atoms with E-state index in [2.05, 4.69) is 0 Å². The highest BCUT2D eigenvalue weighted by atomic mass is 16.5. The number of carbonyl (C=O) groups excluding carboxylic acids is 2. The molecule has 1 aromatic rings. The Kier molecular flexibility index (Phi) is 7.14. The maximum Gasteiger partial charge on any atom is 0.306 e. The zero-order chi connectivity index (χ0) is 15.6. The molecule has 1 aliphatic rings. The number of ketones is 1. The summed E-state index contributed by atoms with van der Waals surface area (Å²) in [5, 5.41) is 0. The molecule has 1 aromatic carbocycles. The van der Waals surface area contributed by atoms with Crippen LogP contribution in [-0.4, -0.2) is 17.9 Å². The van der Waals surface area contributed by atoms with Gasteiger partial charge in [-0.1, -0.05) is 43.2 Å². The Hall–Kier alpha value is -1.64. The van der Waals surface area contributed by atoms with Gasteiger partial charge in [0.05, 0.1) is 0 Å². The van der Waals surface area contributed by atoms with Crippen LogP contribution in [0.15, 0.2) is 30.3 Å². The van der Waals surface area contributed by atoms with Crippen LogP contribution >= 0.6 is 0 Å². The predicted molar refractivity (Wildman–Crippen MR) is 86.8 cm³/mol. The van der Waals surface area contributed by atoms with Crippen molar-refractivity contribution in [3.63, 3.8) is 0 Å². The van der Waals surface area contributed by atoms with Crippen LogP contribution in [0.5, 0.6) is 0 Å². The van der Waals surface area contributed by atoms with E-state index in [1.807, 2.05) is 30.3 Å². The lowest BCUT2D eigenvalue weighted by Gasteiger charge is -2.21. The third kappa shape index (κ3) is 6.00. The number of hydrogen-bond acceptors (Lipinski definition) is 3. The van der Waals surface area contributed by atoms with Gasteiger partial charge >= 0.3 is 5.97 Å². The van der Waals surface area contributed by atoms with E-state index < -0.39 is 0 Å². The molecule has 0 aliphatic heterocycles. The largest absolute Gasteiger partial charge is 0.462 e. The van der Waals surface area contributed by atoms with E-state index in [0.29, 0.717) is 12.8 Å². The van der Waals surface area contributed by atoms with Gasteiger partial charge in [0.15, 0.2) is 5.78 Å². The van der Waals surface area contributed by atoms with E-state index in [1.54, 1.807) is 0 Å². The Morgan fingerprint density at radius 3 is 2.32 bits per heavy atom. The first-order valence-electron chi connectivity index (χ1n) is 8.53. The van der Waals surface area contributed by atoms with Gasteiger partial charge in [-0.25, -0.2) is 0 Å². The average Bonchev–Trinajstić information content (AvgIpc) is 2.56. The van der Waals surface area contributed by atoms with Crippen LogP contribution in [-0.2, 0) is 9.53 Å². The topological polar surface area (TPSA) is 43.4 Å². The second-order valence-corrected chi connectivity index (χ2v) is 6.10. The third-order valence-corrected chi connectivity index (χ3v) is 4.23. The van der Waals surface area contributed by atoms with Crippen molar-refractivity contribution < 1.29 is 14.3 Å². The highest BCUT2D eigenvalue weighted by Crippen LogP contribution is 2.21. The lowest BCUT2D eigenvalue weighted by Crippen LogP contribution is -2.20. The number of Topliss-reactive ketones (excluding diaryl/α,β-unsaturated/α-hetero) is 1. The van der Waals surface area contributed by atoms with Crippen LogP contribution in [0.4, 0.5) is 0 Å². The zero-order valence-corrected chi connectivity index (χ0v) is 13.3. The molecule has 0 N–H and O–H groups in total. The van der Waals surface area contributed by atoms with E-state index in [4.69, 9.17) is 4.74 Å². The van der Waals surface area contributed by atoms with Crippen molar-refractivity contribution in [1.29, 1.82) is 0 Å². The van der Waals surface area contributed by atoms with Crippen molar-refractivity contribution >= 4 is 11.8 Å². The Balaban J connectivity index is 1.53. The van der Waals surface area contributed by atoms with Crippen molar-refractivity contribution in [2.45, 2.75) is 70.3 Å². The maximum absolute atomic E-state index is 11.9. The molecule has 0 spiro atoms. The molecule has 0 amide bonds. The third-order valence-electron chi connectivity index (χ3n) is 4.23. The van der Waals surface area contributed by atoms with Gasteiger partial charge in [-0.2, -0.15) is 0 Å². The highest BCUT2D eigenvalue weighted by Gasteiger charge is 2.17. The lowest BCUT2D eigenvalue weighted by atomic mass is 9.98. The van der Waals surface area contributed by atoms with E-state index in [-0.39, 0.29) is 17.9 Å². The SMILES string of the molecule is O=C(CCCCCC(=O)c1ccccc1)OC1CCCCC1. The minimum absolute atomic E-state index is 0.0683. The Morgan fingerprint density at radius 1 is 0.909 bits per heavy atom. The van der Waals surface area contributed by atoms with Gasteiger partial charge in [0, 0.05) is 18.4 Å². The molecule has 0 bridgehead atoms. The molecule has 1 saturated carbocycles. The van der Waals surface area contributed by atoms with Crippen LogP contribution < -0.4 is 0 Å². The number of esters is 1. The molecule has 3 nitrogen and oxygen atoms in total. The molecule has 0 atom stereocenters. The normalized spacial score (nSPS) is 15.5. The molecule has 1 aliphatic carbocycles. The van der Waals surface area contributed by atoms with E-state index in [9.17, 15) is 9.59 Å². The molecule has 0 radical (unpaired) electrons. The number of benzene rings is 1. The molecular formula is C19H26O3. The molecule has 0 unspecified atom stereocenters. The first kappa shape index (κ1) is 16.7.